The highest BCUT2D eigenvalue weighted by atomic mass is 32.2. The van der Waals surface area contributed by atoms with E-state index in [0.717, 1.165) is 30.7 Å². The number of amides is 1. The van der Waals surface area contributed by atoms with E-state index in [-0.39, 0.29) is 10.3 Å². The molecular weight excluding hydrogens is 270 g/mol. The molecule has 1 saturated heterocycles. The molecule has 2 rings (SSSR count). The molecule has 6 heteroatoms. The van der Waals surface area contributed by atoms with Crippen LogP contribution in [0.25, 0.3) is 0 Å². The smallest absolute Gasteiger partial charge is 0.251 e. The number of halogens is 2. The topological polar surface area (TPSA) is 55.1 Å². The summed E-state index contributed by atoms with van der Waals surface area (Å²) in [6.07, 6.45) is 2.16. The number of benzene rings is 1. The van der Waals surface area contributed by atoms with Crippen LogP contribution in [0.3, 0.4) is 0 Å². The zero-order valence-electron chi connectivity index (χ0n) is 10.6. The minimum Gasteiger partial charge on any atom is -0.394 e. The third kappa shape index (κ3) is 3.18. The molecule has 1 amide bonds. The van der Waals surface area contributed by atoms with E-state index in [4.69, 9.17) is 5.73 Å². The Hall–Kier alpha value is -1.30. The number of anilines is 1. The molecule has 0 spiro atoms. The largest absolute Gasteiger partial charge is 0.394 e. The summed E-state index contributed by atoms with van der Waals surface area (Å²) < 4.78 is 26.6. The van der Waals surface area contributed by atoms with Gasteiger partial charge < -0.3 is 11.1 Å². The molecule has 1 aliphatic heterocycles. The SMILES string of the molecule is CC1(CNC(=O)c2cc(F)c(N)c(F)c2)CCCS1. The van der Waals surface area contributed by atoms with E-state index in [9.17, 15) is 13.6 Å². The van der Waals surface area contributed by atoms with Crippen molar-refractivity contribution in [2.75, 3.05) is 18.0 Å². The summed E-state index contributed by atoms with van der Waals surface area (Å²) in [4.78, 5) is 11.9. The predicted octanol–water partition coefficient (Wildman–Crippen LogP) is 2.56. The molecule has 1 aromatic carbocycles. The molecule has 0 aromatic heterocycles. The van der Waals surface area contributed by atoms with Gasteiger partial charge in [0.15, 0.2) is 0 Å². The molecule has 0 aliphatic carbocycles. The van der Waals surface area contributed by atoms with Crippen LogP contribution in [0.1, 0.15) is 30.1 Å². The molecule has 1 unspecified atom stereocenters. The van der Waals surface area contributed by atoms with Crippen LogP contribution in [0.2, 0.25) is 0 Å². The first-order chi connectivity index (χ1) is 8.91. The first kappa shape index (κ1) is 14.1. The number of nitrogen functional groups attached to an aromatic ring is 1. The fraction of sp³-hybridized carbons (Fsp3) is 0.462. The first-order valence-electron chi connectivity index (χ1n) is 6.08. The van der Waals surface area contributed by atoms with Gasteiger partial charge in [0.05, 0.1) is 0 Å². The zero-order chi connectivity index (χ0) is 14.0. The number of nitrogens with one attached hydrogen (secondary N) is 1. The molecule has 3 nitrogen and oxygen atoms in total. The Morgan fingerprint density at radius 2 is 2.11 bits per heavy atom. The quantitative estimate of drug-likeness (QED) is 0.840. The molecule has 0 saturated carbocycles. The Bertz CT molecular complexity index is 478. The highest BCUT2D eigenvalue weighted by molar-refractivity contribution is 8.00. The maximum Gasteiger partial charge on any atom is 0.251 e. The summed E-state index contributed by atoms with van der Waals surface area (Å²) in [6.45, 7) is 2.57. The van der Waals surface area contributed by atoms with Gasteiger partial charge >= 0.3 is 0 Å². The van der Waals surface area contributed by atoms with Gasteiger partial charge in [-0.2, -0.15) is 11.8 Å². The van der Waals surface area contributed by atoms with Crippen molar-refractivity contribution in [1.29, 1.82) is 0 Å². The minimum atomic E-state index is -0.911. The number of carbonyl (C=O) groups is 1. The van der Waals surface area contributed by atoms with Crippen molar-refractivity contribution in [2.45, 2.75) is 24.5 Å². The molecule has 1 aromatic rings. The summed E-state index contributed by atoms with van der Waals surface area (Å²) in [5.74, 6) is -1.22. The lowest BCUT2D eigenvalue weighted by Gasteiger charge is -2.22. The second-order valence-electron chi connectivity index (χ2n) is 4.94. The van der Waals surface area contributed by atoms with Gasteiger partial charge in [0.1, 0.15) is 17.3 Å². The van der Waals surface area contributed by atoms with Gasteiger partial charge in [-0.15, -0.1) is 0 Å². The van der Waals surface area contributed by atoms with E-state index in [1.807, 2.05) is 11.8 Å². The van der Waals surface area contributed by atoms with Crippen LogP contribution < -0.4 is 11.1 Å². The third-order valence-electron chi connectivity index (χ3n) is 3.26. The fourth-order valence-electron chi connectivity index (χ4n) is 2.06. The van der Waals surface area contributed by atoms with E-state index in [1.165, 1.54) is 0 Å². The molecule has 1 fully saturated rings. The maximum absolute atomic E-state index is 13.3. The number of nitrogens with two attached hydrogens (primary N) is 1. The van der Waals surface area contributed by atoms with Crippen molar-refractivity contribution < 1.29 is 13.6 Å². The molecule has 1 aliphatic rings. The van der Waals surface area contributed by atoms with Gasteiger partial charge in [-0.25, -0.2) is 8.78 Å². The monoisotopic (exact) mass is 286 g/mol. The third-order valence-corrected chi connectivity index (χ3v) is 4.80. The van der Waals surface area contributed by atoms with Crippen molar-refractivity contribution in [2.24, 2.45) is 0 Å². The van der Waals surface area contributed by atoms with E-state index >= 15 is 0 Å². The molecule has 19 heavy (non-hydrogen) atoms. The Morgan fingerprint density at radius 3 is 2.63 bits per heavy atom. The first-order valence-corrected chi connectivity index (χ1v) is 7.06. The number of hydrogen-bond donors (Lipinski definition) is 2. The van der Waals surface area contributed by atoms with Gasteiger partial charge in [-0.1, -0.05) is 0 Å². The van der Waals surface area contributed by atoms with E-state index in [2.05, 4.69) is 12.2 Å². The highest BCUT2D eigenvalue weighted by Crippen LogP contribution is 2.37. The standard InChI is InChI=1S/C13H16F2N2OS/c1-13(3-2-4-19-13)7-17-12(18)8-5-9(14)11(16)10(15)6-8/h5-6H,2-4,7,16H2,1H3,(H,17,18). The molecule has 3 N–H and O–H groups in total. The summed E-state index contributed by atoms with van der Waals surface area (Å²) in [6, 6.07) is 1.91. The summed E-state index contributed by atoms with van der Waals surface area (Å²) >= 11 is 1.81. The second kappa shape index (κ2) is 5.36. The van der Waals surface area contributed by atoms with E-state index in [1.54, 1.807) is 0 Å². The van der Waals surface area contributed by atoms with Crippen molar-refractivity contribution in [3.8, 4) is 0 Å². The summed E-state index contributed by atoms with van der Waals surface area (Å²) in [5.41, 5.74) is 4.55. The van der Waals surface area contributed by atoms with E-state index in [0.29, 0.717) is 6.54 Å². The number of rotatable bonds is 3. The Kier molecular flexibility index (Phi) is 3.99. The van der Waals surface area contributed by atoms with Crippen molar-refractivity contribution in [1.82, 2.24) is 5.32 Å². The molecule has 104 valence electrons. The van der Waals surface area contributed by atoms with E-state index < -0.39 is 23.2 Å². The maximum atomic E-state index is 13.3. The normalized spacial score (nSPS) is 22.5. The van der Waals surface area contributed by atoms with Crippen molar-refractivity contribution >= 4 is 23.4 Å². The van der Waals surface area contributed by atoms with Gasteiger partial charge in [0.2, 0.25) is 0 Å². The number of hydrogen-bond acceptors (Lipinski definition) is 3. The second-order valence-corrected chi connectivity index (χ2v) is 6.62. The molecular formula is C13H16F2N2OS. The van der Waals surface area contributed by atoms with Gasteiger partial charge in [0.25, 0.3) is 5.91 Å². The summed E-state index contributed by atoms with van der Waals surface area (Å²) in [7, 11) is 0. The van der Waals surface area contributed by atoms with Crippen LogP contribution >= 0.6 is 11.8 Å². The highest BCUT2D eigenvalue weighted by Gasteiger charge is 2.29. The van der Waals surface area contributed by atoms with Crippen LogP contribution in [0.4, 0.5) is 14.5 Å². The summed E-state index contributed by atoms with van der Waals surface area (Å²) in [5, 5.41) is 2.72. The fourth-order valence-corrected chi connectivity index (χ4v) is 3.31. The predicted molar refractivity (Wildman–Crippen MR) is 73.2 cm³/mol. The lowest BCUT2D eigenvalue weighted by Crippen LogP contribution is -2.36. The molecule has 1 atom stereocenters. The van der Waals surface area contributed by atoms with Crippen LogP contribution in [0.15, 0.2) is 12.1 Å². The Balaban J connectivity index is 2.04. The lowest BCUT2D eigenvalue weighted by atomic mass is 10.1. The molecule has 1 heterocycles. The number of thioether (sulfide) groups is 1. The van der Waals surface area contributed by atoms with Gasteiger partial charge in [-0.05, 0) is 37.7 Å². The zero-order valence-corrected chi connectivity index (χ0v) is 11.4. The van der Waals surface area contributed by atoms with Crippen LogP contribution in [0, 0.1) is 11.6 Å². The van der Waals surface area contributed by atoms with Gasteiger partial charge in [-0.3, -0.25) is 4.79 Å². The van der Waals surface area contributed by atoms with Crippen LogP contribution in [-0.2, 0) is 0 Å². The van der Waals surface area contributed by atoms with Crippen LogP contribution in [0.5, 0.6) is 0 Å². The minimum absolute atomic E-state index is 0.0144. The Morgan fingerprint density at radius 1 is 1.47 bits per heavy atom. The lowest BCUT2D eigenvalue weighted by molar-refractivity contribution is 0.0949. The molecule has 0 bridgehead atoms. The molecule has 0 radical (unpaired) electrons. The average Bonchev–Trinajstić information content (AvgIpc) is 2.80. The van der Waals surface area contributed by atoms with Crippen molar-refractivity contribution in [3.05, 3.63) is 29.3 Å². The Labute approximate surface area is 114 Å². The van der Waals surface area contributed by atoms with Crippen LogP contribution in [-0.4, -0.2) is 23.0 Å². The average molecular weight is 286 g/mol. The number of carbonyl (C=O) groups excluding carboxylic acids is 1. The van der Waals surface area contributed by atoms with Gasteiger partial charge in [0, 0.05) is 16.9 Å². The van der Waals surface area contributed by atoms with Crippen molar-refractivity contribution in [3.63, 3.8) is 0 Å².